The zero-order valence-corrected chi connectivity index (χ0v) is 10.1. The highest BCUT2D eigenvalue weighted by molar-refractivity contribution is 8.14. The van der Waals surface area contributed by atoms with Crippen molar-refractivity contribution in [3.05, 3.63) is 0 Å². The van der Waals surface area contributed by atoms with E-state index in [9.17, 15) is 4.79 Å². The fraction of sp³-hybridized carbons (Fsp3) is 0.800. The molecule has 4 nitrogen and oxygen atoms in total. The van der Waals surface area contributed by atoms with Gasteiger partial charge in [0.2, 0.25) is 5.91 Å². The summed E-state index contributed by atoms with van der Waals surface area (Å²) in [6.45, 7) is 6.10. The van der Waals surface area contributed by atoms with Gasteiger partial charge in [-0.05, 0) is 12.3 Å². The smallest absolute Gasteiger partial charge is 0.217 e. The third-order valence-electron chi connectivity index (χ3n) is 2.30. The molecule has 1 atom stereocenters. The molecular weight excluding hydrogens is 210 g/mol. The highest BCUT2D eigenvalue weighted by Crippen LogP contribution is 2.25. The molecule has 0 spiro atoms. The van der Waals surface area contributed by atoms with Gasteiger partial charge in [0.1, 0.15) is 0 Å². The molecule has 1 aliphatic heterocycles. The summed E-state index contributed by atoms with van der Waals surface area (Å²) in [5, 5.41) is 4.84. The van der Waals surface area contributed by atoms with Crippen molar-refractivity contribution >= 4 is 22.8 Å². The second-order valence-electron chi connectivity index (χ2n) is 4.04. The Bertz CT molecular complexity index is 253. The van der Waals surface area contributed by atoms with Crippen LogP contribution in [-0.2, 0) is 4.79 Å². The van der Waals surface area contributed by atoms with Gasteiger partial charge in [-0.25, -0.2) is 0 Å². The summed E-state index contributed by atoms with van der Waals surface area (Å²) < 4.78 is 0. The van der Waals surface area contributed by atoms with Gasteiger partial charge in [-0.3, -0.25) is 9.79 Å². The van der Waals surface area contributed by atoms with E-state index in [1.165, 1.54) is 0 Å². The van der Waals surface area contributed by atoms with Crippen molar-refractivity contribution in [2.24, 2.45) is 16.6 Å². The van der Waals surface area contributed by atoms with Crippen molar-refractivity contribution < 1.29 is 4.79 Å². The fourth-order valence-corrected chi connectivity index (χ4v) is 2.34. The van der Waals surface area contributed by atoms with Gasteiger partial charge in [0.15, 0.2) is 5.17 Å². The number of hydrogen-bond acceptors (Lipinski definition) is 4. The normalized spacial score (nSPS) is 20.5. The zero-order valence-electron chi connectivity index (χ0n) is 9.32. The van der Waals surface area contributed by atoms with E-state index < -0.39 is 0 Å². The Hall–Kier alpha value is -0.710. The van der Waals surface area contributed by atoms with E-state index in [4.69, 9.17) is 5.73 Å². The molecule has 0 aliphatic carbocycles. The lowest BCUT2D eigenvalue weighted by Crippen LogP contribution is -2.23. The van der Waals surface area contributed by atoms with Crippen LogP contribution in [0.4, 0.5) is 0 Å². The van der Waals surface area contributed by atoms with Crippen LogP contribution in [0.25, 0.3) is 0 Å². The summed E-state index contributed by atoms with van der Waals surface area (Å²) in [5.41, 5.74) is 5.05. The minimum absolute atomic E-state index is 0.238. The highest BCUT2D eigenvalue weighted by Gasteiger charge is 2.21. The number of carbonyl (C=O) groups excluding carboxylic acids is 1. The lowest BCUT2D eigenvalue weighted by Gasteiger charge is -2.11. The molecule has 0 bridgehead atoms. The first-order valence-electron chi connectivity index (χ1n) is 5.33. The SMILES string of the molecule is CC(C)C1CN=C(NCCCC(N)=O)S1. The Morgan fingerprint density at radius 1 is 1.73 bits per heavy atom. The number of primary amides is 1. The first-order chi connectivity index (χ1) is 7.09. The molecule has 1 rings (SSSR count). The molecule has 0 aromatic carbocycles. The predicted molar refractivity (Wildman–Crippen MR) is 65.0 cm³/mol. The van der Waals surface area contributed by atoms with E-state index in [0.29, 0.717) is 17.6 Å². The largest absolute Gasteiger partial charge is 0.370 e. The van der Waals surface area contributed by atoms with E-state index >= 15 is 0 Å². The van der Waals surface area contributed by atoms with Gasteiger partial charge in [0.05, 0.1) is 6.54 Å². The Kier molecular flexibility index (Phi) is 4.94. The number of carbonyl (C=O) groups is 1. The van der Waals surface area contributed by atoms with Crippen molar-refractivity contribution in [3.8, 4) is 0 Å². The van der Waals surface area contributed by atoms with Crippen molar-refractivity contribution in [2.75, 3.05) is 13.1 Å². The molecule has 1 amide bonds. The number of nitrogens with two attached hydrogens (primary N) is 1. The van der Waals surface area contributed by atoms with Gasteiger partial charge >= 0.3 is 0 Å². The van der Waals surface area contributed by atoms with Gasteiger partial charge in [0, 0.05) is 18.2 Å². The molecular formula is C10H19N3OS. The average Bonchev–Trinajstić information content (AvgIpc) is 2.60. The molecule has 0 aromatic rings. The van der Waals surface area contributed by atoms with Crippen molar-refractivity contribution in [1.82, 2.24) is 5.32 Å². The topological polar surface area (TPSA) is 67.5 Å². The summed E-state index contributed by atoms with van der Waals surface area (Å²) in [6, 6.07) is 0. The number of thioether (sulfide) groups is 1. The van der Waals surface area contributed by atoms with Crippen LogP contribution in [0.3, 0.4) is 0 Å². The van der Waals surface area contributed by atoms with Crippen LogP contribution >= 0.6 is 11.8 Å². The summed E-state index contributed by atoms with van der Waals surface area (Å²) in [5.74, 6) is 0.418. The zero-order chi connectivity index (χ0) is 11.3. The minimum Gasteiger partial charge on any atom is -0.370 e. The molecule has 3 N–H and O–H groups in total. The van der Waals surface area contributed by atoms with Crippen LogP contribution in [0.5, 0.6) is 0 Å². The molecule has 1 heterocycles. The first-order valence-corrected chi connectivity index (χ1v) is 6.21. The molecule has 15 heavy (non-hydrogen) atoms. The lowest BCUT2D eigenvalue weighted by atomic mass is 10.1. The summed E-state index contributed by atoms with van der Waals surface area (Å²) in [6.07, 6.45) is 1.22. The van der Waals surface area contributed by atoms with Gasteiger partial charge in [0.25, 0.3) is 0 Å². The van der Waals surface area contributed by atoms with E-state index in [-0.39, 0.29) is 5.91 Å². The average molecular weight is 229 g/mol. The number of nitrogens with zero attached hydrogens (tertiary/aromatic N) is 1. The maximum atomic E-state index is 10.5. The van der Waals surface area contributed by atoms with Crippen LogP contribution < -0.4 is 11.1 Å². The second kappa shape index (κ2) is 6.00. The Morgan fingerprint density at radius 3 is 3.00 bits per heavy atom. The van der Waals surface area contributed by atoms with Crippen LogP contribution in [0.15, 0.2) is 4.99 Å². The number of amidine groups is 1. The third kappa shape index (κ3) is 4.55. The quantitative estimate of drug-likeness (QED) is 0.690. The number of hydrogen-bond donors (Lipinski definition) is 2. The summed E-state index contributed by atoms with van der Waals surface area (Å²) >= 11 is 1.80. The van der Waals surface area contributed by atoms with Gasteiger partial charge in [-0.2, -0.15) is 0 Å². The Labute approximate surface area is 95.1 Å². The van der Waals surface area contributed by atoms with E-state index in [1.807, 2.05) is 0 Å². The maximum Gasteiger partial charge on any atom is 0.217 e. The van der Waals surface area contributed by atoms with Crippen LogP contribution in [0.2, 0.25) is 0 Å². The number of amides is 1. The molecule has 0 fully saturated rings. The molecule has 0 radical (unpaired) electrons. The molecule has 1 unspecified atom stereocenters. The van der Waals surface area contributed by atoms with Crippen LogP contribution in [0.1, 0.15) is 26.7 Å². The molecule has 86 valence electrons. The van der Waals surface area contributed by atoms with E-state index in [2.05, 4.69) is 24.2 Å². The monoisotopic (exact) mass is 229 g/mol. The van der Waals surface area contributed by atoms with Crippen LogP contribution in [-0.4, -0.2) is 29.4 Å². The standard InChI is InChI=1S/C10H19N3OS/c1-7(2)8-6-13-10(15-8)12-5-3-4-9(11)14/h7-8H,3-6H2,1-2H3,(H2,11,14)(H,12,13). The molecule has 0 aromatic heterocycles. The maximum absolute atomic E-state index is 10.5. The Balaban J connectivity index is 2.11. The summed E-state index contributed by atoms with van der Waals surface area (Å²) in [4.78, 5) is 14.9. The van der Waals surface area contributed by atoms with Crippen molar-refractivity contribution in [3.63, 3.8) is 0 Å². The lowest BCUT2D eigenvalue weighted by molar-refractivity contribution is -0.118. The van der Waals surface area contributed by atoms with Crippen molar-refractivity contribution in [2.45, 2.75) is 31.9 Å². The minimum atomic E-state index is -0.238. The predicted octanol–water partition coefficient (Wildman–Crippen LogP) is 0.969. The number of aliphatic imine (C=N–C) groups is 1. The molecule has 0 saturated heterocycles. The summed E-state index contributed by atoms with van der Waals surface area (Å²) in [7, 11) is 0. The second-order valence-corrected chi connectivity index (χ2v) is 5.27. The number of rotatable bonds is 5. The van der Waals surface area contributed by atoms with Gasteiger partial charge in [-0.1, -0.05) is 25.6 Å². The Morgan fingerprint density at radius 2 is 2.47 bits per heavy atom. The van der Waals surface area contributed by atoms with Crippen LogP contribution in [0, 0.1) is 5.92 Å². The fourth-order valence-electron chi connectivity index (χ4n) is 1.29. The van der Waals surface area contributed by atoms with E-state index in [0.717, 1.165) is 24.7 Å². The third-order valence-corrected chi connectivity index (χ3v) is 3.79. The van der Waals surface area contributed by atoms with E-state index in [1.54, 1.807) is 11.8 Å². The number of nitrogens with one attached hydrogen (secondary N) is 1. The van der Waals surface area contributed by atoms with Crippen molar-refractivity contribution in [1.29, 1.82) is 0 Å². The molecule has 1 aliphatic rings. The molecule has 5 heteroatoms. The first kappa shape index (κ1) is 12.4. The molecule has 0 saturated carbocycles. The van der Waals surface area contributed by atoms with Gasteiger partial charge < -0.3 is 11.1 Å². The highest BCUT2D eigenvalue weighted by atomic mass is 32.2. The van der Waals surface area contributed by atoms with Gasteiger partial charge in [-0.15, -0.1) is 0 Å².